The molecule has 1 aliphatic heterocycles. The molecule has 1 aromatic rings. The third-order valence-electron chi connectivity index (χ3n) is 3.15. The molecular formula is C13H21N3S2. The summed E-state index contributed by atoms with van der Waals surface area (Å²) in [6.07, 6.45) is 6.66. The summed E-state index contributed by atoms with van der Waals surface area (Å²) in [5, 5.41) is 4.92. The number of hydrogen-bond donors (Lipinski definition) is 1. The van der Waals surface area contributed by atoms with Crippen LogP contribution in [0.2, 0.25) is 0 Å². The largest absolute Gasteiger partial charge is 0.308 e. The van der Waals surface area contributed by atoms with Crippen LogP contribution in [-0.2, 0) is 0 Å². The van der Waals surface area contributed by atoms with Crippen molar-refractivity contribution in [1.29, 1.82) is 0 Å². The van der Waals surface area contributed by atoms with E-state index >= 15 is 0 Å². The van der Waals surface area contributed by atoms with E-state index in [-0.39, 0.29) is 0 Å². The van der Waals surface area contributed by atoms with E-state index in [1.165, 1.54) is 17.9 Å². The number of rotatable bonds is 5. The minimum atomic E-state index is 0.325. The first-order valence-electron chi connectivity index (χ1n) is 6.59. The molecule has 2 rings (SSSR count). The molecule has 0 saturated carbocycles. The van der Waals surface area contributed by atoms with Crippen LogP contribution < -0.4 is 5.32 Å². The first-order valence-corrected chi connectivity index (χ1v) is 8.69. The molecule has 0 amide bonds. The molecule has 5 heteroatoms. The topological polar surface area (TPSA) is 37.8 Å². The zero-order chi connectivity index (χ0) is 12.8. The van der Waals surface area contributed by atoms with Crippen LogP contribution >= 0.6 is 23.5 Å². The molecule has 1 aliphatic rings. The maximum Gasteiger partial charge on any atom is 0.0767 e. The van der Waals surface area contributed by atoms with Crippen LogP contribution in [0.4, 0.5) is 0 Å². The Morgan fingerprint density at radius 3 is 2.83 bits per heavy atom. The third kappa shape index (κ3) is 3.39. The van der Waals surface area contributed by atoms with Crippen LogP contribution in [0.1, 0.15) is 32.0 Å². The van der Waals surface area contributed by atoms with Crippen molar-refractivity contribution in [2.75, 3.05) is 18.1 Å². The monoisotopic (exact) mass is 283 g/mol. The summed E-state index contributed by atoms with van der Waals surface area (Å²) >= 11 is 4.20. The maximum absolute atomic E-state index is 4.49. The Morgan fingerprint density at radius 2 is 2.17 bits per heavy atom. The molecular weight excluding hydrogens is 262 g/mol. The van der Waals surface area contributed by atoms with E-state index in [0.717, 1.165) is 17.5 Å². The Kier molecular flexibility index (Phi) is 5.79. The lowest BCUT2D eigenvalue weighted by atomic mass is 10.1. The van der Waals surface area contributed by atoms with Gasteiger partial charge in [0, 0.05) is 34.4 Å². The van der Waals surface area contributed by atoms with Gasteiger partial charge < -0.3 is 5.32 Å². The summed E-state index contributed by atoms with van der Waals surface area (Å²) in [4.78, 5) is 8.71. The van der Waals surface area contributed by atoms with Crippen molar-refractivity contribution < 1.29 is 0 Å². The van der Waals surface area contributed by atoms with Crippen LogP contribution in [0.15, 0.2) is 18.6 Å². The molecule has 1 aromatic heterocycles. The van der Waals surface area contributed by atoms with Gasteiger partial charge in [0.2, 0.25) is 0 Å². The number of nitrogens with zero attached hydrogens (tertiary/aromatic N) is 2. The van der Waals surface area contributed by atoms with Gasteiger partial charge in [-0.3, -0.25) is 9.97 Å². The van der Waals surface area contributed by atoms with Crippen molar-refractivity contribution in [3.8, 4) is 0 Å². The van der Waals surface area contributed by atoms with Gasteiger partial charge >= 0.3 is 0 Å². The molecule has 1 saturated heterocycles. The highest BCUT2D eigenvalue weighted by Crippen LogP contribution is 2.39. The molecule has 3 atom stereocenters. The summed E-state index contributed by atoms with van der Waals surface area (Å²) in [5.74, 6) is 2.52. The zero-order valence-corrected chi connectivity index (χ0v) is 12.6. The van der Waals surface area contributed by atoms with Crippen LogP contribution in [0, 0.1) is 0 Å². The van der Waals surface area contributed by atoms with Gasteiger partial charge in [-0.1, -0.05) is 13.8 Å². The molecule has 1 fully saturated rings. The first kappa shape index (κ1) is 14.2. The Morgan fingerprint density at radius 1 is 1.33 bits per heavy atom. The predicted octanol–water partition coefficient (Wildman–Crippen LogP) is 2.75. The van der Waals surface area contributed by atoms with Gasteiger partial charge in [-0.25, -0.2) is 0 Å². The van der Waals surface area contributed by atoms with Gasteiger partial charge in [-0.15, -0.1) is 0 Å². The highest BCUT2D eigenvalue weighted by atomic mass is 32.2. The van der Waals surface area contributed by atoms with E-state index in [1.54, 1.807) is 12.4 Å². The normalized spacial score (nSPS) is 25.9. The summed E-state index contributed by atoms with van der Waals surface area (Å²) in [5.41, 5.74) is 1.08. The van der Waals surface area contributed by atoms with E-state index in [9.17, 15) is 0 Å². The molecule has 0 radical (unpaired) electrons. The fraction of sp³-hybridized carbons (Fsp3) is 0.692. The number of nitrogens with one attached hydrogen (secondary N) is 1. The van der Waals surface area contributed by atoms with E-state index in [4.69, 9.17) is 0 Å². The lowest BCUT2D eigenvalue weighted by molar-refractivity contribution is 0.500. The van der Waals surface area contributed by atoms with Gasteiger partial charge in [0.1, 0.15) is 0 Å². The summed E-state index contributed by atoms with van der Waals surface area (Å²) in [6, 6.07) is 0.325. The average molecular weight is 283 g/mol. The molecule has 3 unspecified atom stereocenters. The van der Waals surface area contributed by atoms with Crippen LogP contribution in [0.5, 0.6) is 0 Å². The smallest absolute Gasteiger partial charge is 0.0767 e. The molecule has 100 valence electrons. The summed E-state index contributed by atoms with van der Waals surface area (Å²) in [6.45, 7) is 5.42. The summed E-state index contributed by atoms with van der Waals surface area (Å²) in [7, 11) is 0. The SMILES string of the molecule is CCNC(c1cnccn1)C1SCCSC1CC. The van der Waals surface area contributed by atoms with Crippen molar-refractivity contribution in [3.05, 3.63) is 24.3 Å². The van der Waals surface area contributed by atoms with Crippen molar-refractivity contribution >= 4 is 23.5 Å². The average Bonchev–Trinajstić information content (AvgIpc) is 2.46. The predicted molar refractivity (Wildman–Crippen MR) is 81.2 cm³/mol. The minimum Gasteiger partial charge on any atom is -0.308 e. The van der Waals surface area contributed by atoms with Gasteiger partial charge in [0.15, 0.2) is 0 Å². The number of hydrogen-bond acceptors (Lipinski definition) is 5. The lowest BCUT2D eigenvalue weighted by Crippen LogP contribution is -2.39. The van der Waals surface area contributed by atoms with Crippen molar-refractivity contribution in [1.82, 2.24) is 15.3 Å². The summed E-state index contributed by atoms with van der Waals surface area (Å²) < 4.78 is 0. The molecule has 18 heavy (non-hydrogen) atoms. The highest BCUT2D eigenvalue weighted by Gasteiger charge is 2.33. The second kappa shape index (κ2) is 7.36. The van der Waals surface area contributed by atoms with Crippen LogP contribution in [0.25, 0.3) is 0 Å². The molecule has 3 nitrogen and oxygen atoms in total. The van der Waals surface area contributed by atoms with Crippen molar-refractivity contribution in [2.24, 2.45) is 0 Å². The Labute approximate surface area is 118 Å². The van der Waals surface area contributed by atoms with Gasteiger partial charge in [0.25, 0.3) is 0 Å². The van der Waals surface area contributed by atoms with Gasteiger partial charge in [-0.05, 0) is 13.0 Å². The van der Waals surface area contributed by atoms with E-state index in [1.807, 2.05) is 6.20 Å². The van der Waals surface area contributed by atoms with Crippen LogP contribution in [0.3, 0.4) is 0 Å². The lowest BCUT2D eigenvalue weighted by Gasteiger charge is -2.35. The van der Waals surface area contributed by atoms with Gasteiger partial charge in [-0.2, -0.15) is 23.5 Å². The quantitative estimate of drug-likeness (QED) is 0.899. The van der Waals surface area contributed by atoms with E-state index in [2.05, 4.69) is 52.7 Å². The second-order valence-corrected chi connectivity index (χ2v) is 6.95. The molecule has 0 aromatic carbocycles. The van der Waals surface area contributed by atoms with E-state index in [0.29, 0.717) is 11.3 Å². The molecule has 1 N–H and O–H groups in total. The van der Waals surface area contributed by atoms with Crippen molar-refractivity contribution in [3.63, 3.8) is 0 Å². The van der Waals surface area contributed by atoms with Crippen molar-refractivity contribution in [2.45, 2.75) is 36.8 Å². The number of aromatic nitrogens is 2. The Balaban J connectivity index is 2.18. The Hall–Kier alpha value is -0.260. The number of thioether (sulfide) groups is 2. The fourth-order valence-electron chi connectivity index (χ4n) is 2.33. The maximum atomic E-state index is 4.49. The molecule has 0 spiro atoms. The fourth-order valence-corrected chi connectivity index (χ4v) is 5.56. The third-order valence-corrected chi connectivity index (χ3v) is 6.50. The standard InChI is InChI=1S/C13H21N3S2/c1-3-11-13(18-8-7-17-11)12(15-4-2)10-9-14-5-6-16-10/h5-6,9,11-13,15H,3-4,7-8H2,1-2H3. The first-order chi connectivity index (χ1) is 8.86. The van der Waals surface area contributed by atoms with E-state index < -0.39 is 0 Å². The molecule has 0 bridgehead atoms. The highest BCUT2D eigenvalue weighted by molar-refractivity contribution is 8.07. The van der Waals surface area contributed by atoms with Gasteiger partial charge in [0.05, 0.1) is 17.9 Å². The zero-order valence-electron chi connectivity index (χ0n) is 11.0. The minimum absolute atomic E-state index is 0.325. The molecule has 2 heterocycles. The van der Waals surface area contributed by atoms with Crippen LogP contribution in [-0.4, -0.2) is 38.5 Å². The molecule has 0 aliphatic carbocycles. The second-order valence-electron chi connectivity index (χ2n) is 4.32. The Bertz CT molecular complexity index is 347.